The molecule has 0 spiro atoms. The van der Waals surface area contributed by atoms with Crippen molar-refractivity contribution in [1.82, 2.24) is 10.2 Å². The molecule has 1 aromatic rings. The zero-order valence-corrected chi connectivity index (χ0v) is 12.8. The Bertz CT molecular complexity index is 430. The van der Waals surface area contributed by atoms with Gasteiger partial charge in [0.25, 0.3) is 0 Å². The molecule has 1 aromatic carbocycles. The molecule has 20 heavy (non-hydrogen) atoms. The molecule has 2 unspecified atom stereocenters. The SMILES string of the molecule is CC(C)CCCC(C)N1CNC(c2ccccc2)C1=O. The second-order valence-electron chi connectivity index (χ2n) is 6.19. The molecule has 110 valence electrons. The standard InChI is InChI=1S/C17H26N2O/c1-13(2)8-7-9-14(3)19-12-18-16(17(19)20)15-10-5-4-6-11-15/h4-6,10-11,13-14,16,18H,7-9,12H2,1-3H3. The average molecular weight is 274 g/mol. The molecule has 1 saturated heterocycles. The number of nitrogens with zero attached hydrogens (tertiary/aromatic N) is 1. The minimum absolute atomic E-state index is 0.163. The van der Waals surface area contributed by atoms with Gasteiger partial charge in [-0.2, -0.15) is 0 Å². The van der Waals surface area contributed by atoms with Gasteiger partial charge in [0.2, 0.25) is 5.91 Å². The van der Waals surface area contributed by atoms with Crippen molar-refractivity contribution in [2.24, 2.45) is 5.92 Å². The van der Waals surface area contributed by atoms with Crippen molar-refractivity contribution in [2.75, 3.05) is 6.67 Å². The minimum atomic E-state index is -0.163. The van der Waals surface area contributed by atoms with Gasteiger partial charge in [0, 0.05) is 6.04 Å². The molecule has 2 atom stereocenters. The van der Waals surface area contributed by atoms with E-state index in [9.17, 15) is 4.79 Å². The quantitative estimate of drug-likeness (QED) is 0.863. The van der Waals surface area contributed by atoms with E-state index >= 15 is 0 Å². The Balaban J connectivity index is 1.90. The average Bonchev–Trinajstić information content (AvgIpc) is 2.81. The van der Waals surface area contributed by atoms with Gasteiger partial charge in [-0.1, -0.05) is 57.0 Å². The second-order valence-corrected chi connectivity index (χ2v) is 6.19. The van der Waals surface area contributed by atoms with E-state index < -0.39 is 0 Å². The first-order valence-corrected chi connectivity index (χ1v) is 7.68. The second kappa shape index (κ2) is 6.89. The van der Waals surface area contributed by atoms with Crippen LogP contribution in [0.3, 0.4) is 0 Å². The van der Waals surface area contributed by atoms with Crippen molar-refractivity contribution in [1.29, 1.82) is 0 Å². The molecule has 1 amide bonds. The number of amides is 1. The molecule has 2 rings (SSSR count). The number of carbonyl (C=O) groups excluding carboxylic acids is 1. The van der Waals surface area contributed by atoms with Crippen LogP contribution in [0.2, 0.25) is 0 Å². The molecule has 3 nitrogen and oxygen atoms in total. The van der Waals surface area contributed by atoms with Crippen molar-refractivity contribution >= 4 is 5.91 Å². The summed E-state index contributed by atoms with van der Waals surface area (Å²) < 4.78 is 0. The number of benzene rings is 1. The predicted molar refractivity (Wildman–Crippen MR) is 82.2 cm³/mol. The molecule has 1 aliphatic rings. The maximum Gasteiger partial charge on any atom is 0.245 e. The van der Waals surface area contributed by atoms with E-state index in [1.165, 1.54) is 12.8 Å². The lowest BCUT2D eigenvalue weighted by molar-refractivity contribution is -0.130. The Kier molecular flexibility index (Phi) is 5.18. The lowest BCUT2D eigenvalue weighted by Gasteiger charge is -2.24. The smallest absolute Gasteiger partial charge is 0.245 e. The molecular weight excluding hydrogens is 248 g/mol. The van der Waals surface area contributed by atoms with Gasteiger partial charge in [0.1, 0.15) is 6.04 Å². The van der Waals surface area contributed by atoms with Crippen LogP contribution in [0.15, 0.2) is 30.3 Å². The van der Waals surface area contributed by atoms with Crippen LogP contribution in [0.4, 0.5) is 0 Å². The summed E-state index contributed by atoms with van der Waals surface area (Å²) in [5.41, 5.74) is 1.06. The molecule has 0 saturated carbocycles. The topological polar surface area (TPSA) is 32.3 Å². The van der Waals surface area contributed by atoms with Gasteiger partial charge in [-0.25, -0.2) is 0 Å². The Morgan fingerprint density at radius 3 is 2.55 bits per heavy atom. The molecule has 1 N–H and O–H groups in total. The van der Waals surface area contributed by atoms with Gasteiger partial charge in [0.15, 0.2) is 0 Å². The van der Waals surface area contributed by atoms with Crippen LogP contribution in [0.5, 0.6) is 0 Å². The summed E-state index contributed by atoms with van der Waals surface area (Å²) in [5, 5.41) is 3.33. The fourth-order valence-corrected chi connectivity index (χ4v) is 2.78. The molecule has 1 aliphatic heterocycles. The molecule has 3 heteroatoms. The summed E-state index contributed by atoms with van der Waals surface area (Å²) >= 11 is 0. The van der Waals surface area contributed by atoms with Crippen molar-refractivity contribution in [2.45, 2.75) is 52.1 Å². The summed E-state index contributed by atoms with van der Waals surface area (Å²) in [6.45, 7) is 7.33. The van der Waals surface area contributed by atoms with Gasteiger partial charge >= 0.3 is 0 Å². The maximum absolute atomic E-state index is 12.5. The number of rotatable bonds is 6. The van der Waals surface area contributed by atoms with Crippen LogP contribution in [0.25, 0.3) is 0 Å². The van der Waals surface area contributed by atoms with E-state index in [4.69, 9.17) is 0 Å². The summed E-state index contributed by atoms with van der Waals surface area (Å²) in [5.74, 6) is 0.958. The van der Waals surface area contributed by atoms with Crippen LogP contribution in [0.1, 0.15) is 51.6 Å². The third kappa shape index (κ3) is 3.60. The van der Waals surface area contributed by atoms with Gasteiger partial charge in [0.05, 0.1) is 6.67 Å². The predicted octanol–water partition coefficient (Wildman–Crippen LogP) is 3.33. The number of hydrogen-bond acceptors (Lipinski definition) is 2. The first-order chi connectivity index (χ1) is 9.59. The van der Waals surface area contributed by atoms with E-state index in [1.54, 1.807) is 0 Å². The van der Waals surface area contributed by atoms with Crippen molar-refractivity contribution < 1.29 is 4.79 Å². The lowest BCUT2D eigenvalue weighted by atomic mass is 10.0. The number of carbonyl (C=O) groups is 1. The first-order valence-electron chi connectivity index (χ1n) is 7.68. The molecule has 1 fully saturated rings. The van der Waals surface area contributed by atoms with E-state index in [2.05, 4.69) is 26.1 Å². The molecule has 0 radical (unpaired) electrons. The van der Waals surface area contributed by atoms with Crippen molar-refractivity contribution in [3.05, 3.63) is 35.9 Å². The van der Waals surface area contributed by atoms with Crippen LogP contribution in [-0.2, 0) is 4.79 Å². The number of nitrogens with one attached hydrogen (secondary N) is 1. The van der Waals surface area contributed by atoms with Crippen LogP contribution >= 0.6 is 0 Å². The first kappa shape index (κ1) is 15.0. The molecule has 0 bridgehead atoms. The molecular formula is C17H26N2O. The lowest BCUT2D eigenvalue weighted by Crippen LogP contribution is -2.35. The summed E-state index contributed by atoms with van der Waals surface area (Å²) in [6, 6.07) is 10.1. The maximum atomic E-state index is 12.5. The van der Waals surface area contributed by atoms with E-state index in [1.807, 2.05) is 35.2 Å². The normalized spacial score (nSPS) is 20.7. The van der Waals surface area contributed by atoms with Gasteiger partial charge < -0.3 is 4.90 Å². The van der Waals surface area contributed by atoms with E-state index in [0.29, 0.717) is 12.7 Å². The third-order valence-corrected chi connectivity index (χ3v) is 4.06. The highest BCUT2D eigenvalue weighted by Crippen LogP contribution is 2.23. The monoisotopic (exact) mass is 274 g/mol. The molecule has 0 aromatic heterocycles. The van der Waals surface area contributed by atoms with Crippen LogP contribution in [-0.4, -0.2) is 23.5 Å². The van der Waals surface area contributed by atoms with Gasteiger partial charge in [-0.3, -0.25) is 10.1 Å². The summed E-state index contributed by atoms with van der Waals surface area (Å²) in [4.78, 5) is 14.5. The third-order valence-electron chi connectivity index (χ3n) is 4.06. The van der Waals surface area contributed by atoms with Crippen molar-refractivity contribution in [3.8, 4) is 0 Å². The van der Waals surface area contributed by atoms with E-state index in [-0.39, 0.29) is 11.9 Å². The van der Waals surface area contributed by atoms with E-state index in [0.717, 1.165) is 17.9 Å². The molecule has 0 aliphatic carbocycles. The van der Waals surface area contributed by atoms with Crippen molar-refractivity contribution in [3.63, 3.8) is 0 Å². The highest BCUT2D eigenvalue weighted by Gasteiger charge is 2.34. The number of hydrogen-bond donors (Lipinski definition) is 1. The highest BCUT2D eigenvalue weighted by atomic mass is 16.2. The fraction of sp³-hybridized carbons (Fsp3) is 0.588. The van der Waals surface area contributed by atoms with Crippen LogP contribution < -0.4 is 5.32 Å². The Morgan fingerprint density at radius 2 is 1.90 bits per heavy atom. The Morgan fingerprint density at radius 1 is 1.20 bits per heavy atom. The molecule has 1 heterocycles. The Hall–Kier alpha value is -1.35. The van der Waals surface area contributed by atoms with Crippen LogP contribution in [0, 0.1) is 5.92 Å². The van der Waals surface area contributed by atoms with Gasteiger partial charge in [-0.15, -0.1) is 0 Å². The Labute approximate surface area is 122 Å². The zero-order valence-electron chi connectivity index (χ0n) is 12.8. The summed E-state index contributed by atoms with van der Waals surface area (Å²) in [7, 11) is 0. The fourth-order valence-electron chi connectivity index (χ4n) is 2.78. The van der Waals surface area contributed by atoms with Gasteiger partial charge in [-0.05, 0) is 24.8 Å². The largest absolute Gasteiger partial charge is 0.326 e. The minimum Gasteiger partial charge on any atom is -0.326 e. The summed E-state index contributed by atoms with van der Waals surface area (Å²) in [6.07, 6.45) is 3.52. The highest BCUT2D eigenvalue weighted by molar-refractivity contribution is 5.85. The zero-order chi connectivity index (χ0) is 14.5.